The highest BCUT2D eigenvalue weighted by atomic mass is 32.1. The van der Waals surface area contributed by atoms with E-state index in [0.717, 1.165) is 0 Å². The molecule has 0 amide bonds. The van der Waals surface area contributed by atoms with Crippen molar-refractivity contribution in [2.45, 2.75) is 214 Å². The molecule has 2 aliphatic carbocycles. The second-order valence-corrected chi connectivity index (χ2v) is 33.4. The zero-order valence-corrected chi connectivity index (χ0v) is 54.1. The number of thiophene rings is 1. The first-order chi connectivity index (χ1) is 37.6. The summed E-state index contributed by atoms with van der Waals surface area (Å²) >= 11 is 2.04. The van der Waals surface area contributed by atoms with Crippen molar-refractivity contribution in [3.05, 3.63) is 171 Å². The molecule has 1 aromatic heterocycles. The van der Waals surface area contributed by atoms with Crippen molar-refractivity contribution in [1.82, 2.24) is 0 Å². The Morgan fingerprint density at radius 1 is 0.407 bits per heavy atom. The minimum atomic E-state index is -0.155. The molecule has 1 spiro atoms. The van der Waals surface area contributed by atoms with Gasteiger partial charge in [0.15, 0.2) is 0 Å². The molecule has 8 aromatic rings. The fraction of sp³-hybridized carbons (Fsp3) is 0.429. The number of hydrogen-bond donors (Lipinski definition) is 0. The molecule has 0 saturated heterocycles. The average molecular weight is 1090 g/mol. The summed E-state index contributed by atoms with van der Waals surface area (Å²) in [5.74, 6) is 0. The Morgan fingerprint density at radius 2 is 0.914 bits per heavy atom. The van der Waals surface area contributed by atoms with Gasteiger partial charge < -0.3 is 9.80 Å². The van der Waals surface area contributed by atoms with E-state index in [-0.39, 0.29) is 50.0 Å². The Hall–Kier alpha value is -5.84. The second kappa shape index (κ2) is 18.1. The highest BCUT2D eigenvalue weighted by molar-refractivity contribution is 7.33. The predicted molar refractivity (Wildman–Crippen MR) is 357 cm³/mol. The minimum absolute atomic E-state index is 0.0115. The maximum Gasteiger partial charge on any atom is 0.264 e. The maximum atomic E-state index is 2.85. The molecule has 418 valence electrons. The monoisotopic (exact) mass is 1090 g/mol. The van der Waals surface area contributed by atoms with Crippen molar-refractivity contribution in [2.24, 2.45) is 0 Å². The van der Waals surface area contributed by atoms with Crippen LogP contribution in [0.1, 0.15) is 221 Å². The average Bonchev–Trinajstić information content (AvgIpc) is 2.50. The molecule has 81 heavy (non-hydrogen) atoms. The van der Waals surface area contributed by atoms with Crippen LogP contribution in [0.2, 0.25) is 0 Å². The number of anilines is 6. The topological polar surface area (TPSA) is 6.48 Å². The lowest BCUT2D eigenvalue weighted by Crippen LogP contribution is -2.60. The molecule has 0 radical (unpaired) electrons. The van der Waals surface area contributed by atoms with Crippen molar-refractivity contribution in [3.8, 4) is 22.3 Å². The van der Waals surface area contributed by atoms with E-state index in [2.05, 4.69) is 277 Å². The number of fused-ring (bicyclic) bond motifs is 11. The molecule has 0 unspecified atom stereocenters. The fourth-order valence-corrected chi connectivity index (χ4v) is 15.7. The fourth-order valence-electron chi connectivity index (χ4n) is 14.4. The maximum absolute atomic E-state index is 2.85. The van der Waals surface area contributed by atoms with E-state index in [1.165, 1.54) is 147 Å². The highest BCUT2D eigenvalue weighted by Gasteiger charge is 2.51. The van der Waals surface area contributed by atoms with Crippen molar-refractivity contribution in [3.63, 3.8) is 0 Å². The third-order valence-corrected chi connectivity index (χ3v) is 20.4. The van der Waals surface area contributed by atoms with E-state index in [0.29, 0.717) is 0 Å². The standard InChI is InChI=1S/C77H91BN2S/c1-70(2,3)48-29-35-65-55(39-48)68-69(81-65)78-60-42-50(72(7,8)9)28-34-61(60)79(53-30-24-46(25-31-53)47-26-33-56(75(16,17)18)58(38-47)76(19,20)21)63-44-52(74(13,14)15)45-64(67(63)78)80(68)62-43-51(73(10,11)12)41-59-66(62)54-32-27-49(71(4,5)6)40-57(54)77(59)36-22-23-37-77/h24-35,38-45H,22-23,36-37H2,1-21H3. The summed E-state index contributed by atoms with van der Waals surface area (Å²) in [7, 11) is 0. The van der Waals surface area contributed by atoms with Gasteiger partial charge in [0.05, 0.1) is 11.4 Å². The Balaban J connectivity index is 1.20. The lowest BCUT2D eigenvalue weighted by atomic mass is 9.36. The van der Waals surface area contributed by atoms with Crippen LogP contribution in [0.5, 0.6) is 0 Å². The van der Waals surface area contributed by atoms with E-state index in [9.17, 15) is 0 Å². The van der Waals surface area contributed by atoms with Gasteiger partial charge in [-0.15, -0.1) is 11.3 Å². The summed E-state index contributed by atoms with van der Waals surface area (Å²) in [6, 6.07) is 49.9. The van der Waals surface area contributed by atoms with Gasteiger partial charge >= 0.3 is 0 Å². The number of rotatable bonds is 3. The summed E-state index contributed by atoms with van der Waals surface area (Å²) in [6.07, 6.45) is 4.88. The van der Waals surface area contributed by atoms with E-state index < -0.39 is 0 Å². The molecule has 7 aromatic carbocycles. The molecule has 3 heterocycles. The van der Waals surface area contributed by atoms with Crippen molar-refractivity contribution < 1.29 is 0 Å². The summed E-state index contributed by atoms with van der Waals surface area (Å²) in [6.45, 7) is 50.1. The molecular formula is C77H91BN2S. The van der Waals surface area contributed by atoms with Crippen LogP contribution < -0.4 is 25.5 Å². The van der Waals surface area contributed by atoms with Gasteiger partial charge in [0.2, 0.25) is 0 Å². The lowest BCUT2D eigenvalue weighted by Gasteiger charge is -2.45. The van der Waals surface area contributed by atoms with Crippen LogP contribution in [0.15, 0.2) is 121 Å². The van der Waals surface area contributed by atoms with Crippen LogP contribution in [-0.4, -0.2) is 6.71 Å². The van der Waals surface area contributed by atoms with Gasteiger partial charge in [-0.1, -0.05) is 231 Å². The zero-order chi connectivity index (χ0) is 58.3. The second-order valence-electron chi connectivity index (χ2n) is 32.4. The molecule has 4 heteroatoms. The third-order valence-electron chi connectivity index (χ3n) is 19.2. The van der Waals surface area contributed by atoms with Crippen LogP contribution in [0.4, 0.5) is 34.1 Å². The summed E-state index contributed by atoms with van der Waals surface area (Å²) in [5.41, 5.74) is 28.5. The Kier molecular flexibility index (Phi) is 12.4. The van der Waals surface area contributed by atoms with Gasteiger partial charge in [-0.25, -0.2) is 0 Å². The van der Waals surface area contributed by atoms with Crippen LogP contribution >= 0.6 is 11.3 Å². The third kappa shape index (κ3) is 9.00. The summed E-state index contributed by atoms with van der Waals surface area (Å²) in [5, 5.41) is 1.36. The van der Waals surface area contributed by atoms with Crippen LogP contribution in [-0.2, 0) is 43.3 Å². The lowest BCUT2D eigenvalue weighted by molar-refractivity contribution is 0.530. The Bertz CT molecular complexity index is 3860. The predicted octanol–water partition coefficient (Wildman–Crippen LogP) is 20.6. The Morgan fingerprint density at radius 3 is 1.51 bits per heavy atom. The van der Waals surface area contributed by atoms with E-state index >= 15 is 0 Å². The number of hydrogen-bond acceptors (Lipinski definition) is 3. The van der Waals surface area contributed by atoms with Gasteiger partial charge in [-0.3, -0.25) is 0 Å². The molecule has 1 fully saturated rings. The van der Waals surface area contributed by atoms with Crippen LogP contribution in [0.3, 0.4) is 0 Å². The smallest absolute Gasteiger partial charge is 0.264 e. The molecule has 0 atom stereocenters. The molecule has 2 aliphatic heterocycles. The SMILES string of the molecule is CC(C)(C)c1ccc2c(c1)B1c3sc4ccc(C(C)(C)C)cc4c3N(c3cc(C(C)(C)C)cc4c3-c3ccc(C(C)(C)C)cc3C43CCCC3)c3cc(C(C)(C)C)cc(c31)N2c1ccc(-c2ccc(C(C)(C)C)c(C(C)(C)C)c2)cc1. The van der Waals surface area contributed by atoms with Crippen LogP contribution in [0, 0.1) is 0 Å². The van der Waals surface area contributed by atoms with Gasteiger partial charge in [0, 0.05) is 48.6 Å². The highest BCUT2D eigenvalue weighted by Crippen LogP contribution is 2.62. The summed E-state index contributed by atoms with van der Waals surface area (Å²) in [4.78, 5) is 5.50. The quantitative estimate of drug-likeness (QED) is 0.163. The van der Waals surface area contributed by atoms with Crippen molar-refractivity contribution >= 4 is 78.0 Å². The van der Waals surface area contributed by atoms with Crippen molar-refractivity contribution in [1.29, 1.82) is 0 Å². The number of nitrogens with zero attached hydrogens (tertiary/aromatic N) is 2. The zero-order valence-electron chi connectivity index (χ0n) is 53.3. The molecule has 12 rings (SSSR count). The normalized spacial score (nSPS) is 16.0. The van der Waals surface area contributed by atoms with Crippen molar-refractivity contribution in [2.75, 3.05) is 9.80 Å². The number of benzene rings is 7. The van der Waals surface area contributed by atoms with E-state index in [1.807, 2.05) is 11.3 Å². The van der Waals surface area contributed by atoms with Gasteiger partial charge in [-0.2, -0.15) is 0 Å². The molecule has 1 saturated carbocycles. The summed E-state index contributed by atoms with van der Waals surface area (Å²) < 4.78 is 2.79. The van der Waals surface area contributed by atoms with Gasteiger partial charge in [-0.05, 0) is 177 Å². The first-order valence-electron chi connectivity index (χ1n) is 30.7. The molecule has 0 bridgehead atoms. The molecule has 0 N–H and O–H groups in total. The Labute approximate surface area is 492 Å². The first-order valence-corrected chi connectivity index (χ1v) is 31.5. The van der Waals surface area contributed by atoms with Gasteiger partial charge in [0.25, 0.3) is 6.71 Å². The van der Waals surface area contributed by atoms with Crippen LogP contribution in [0.25, 0.3) is 32.3 Å². The molecule has 4 aliphatic rings. The van der Waals surface area contributed by atoms with E-state index in [4.69, 9.17) is 0 Å². The minimum Gasteiger partial charge on any atom is -0.311 e. The van der Waals surface area contributed by atoms with E-state index in [1.54, 1.807) is 11.1 Å². The first kappa shape index (κ1) is 55.7. The molecule has 2 nitrogen and oxygen atoms in total. The molecular weight excluding hydrogens is 996 g/mol. The largest absolute Gasteiger partial charge is 0.311 e. The van der Waals surface area contributed by atoms with Gasteiger partial charge in [0.1, 0.15) is 0 Å².